The third-order valence-corrected chi connectivity index (χ3v) is 5.27. The van der Waals surface area contributed by atoms with E-state index < -0.39 is 10.0 Å². The molecule has 0 aliphatic carbocycles. The van der Waals surface area contributed by atoms with E-state index in [0.29, 0.717) is 18.8 Å². The van der Waals surface area contributed by atoms with E-state index in [2.05, 4.69) is 10.0 Å². The smallest absolute Gasteiger partial charge is 0.321 e. The van der Waals surface area contributed by atoms with Gasteiger partial charge in [0.2, 0.25) is 10.0 Å². The van der Waals surface area contributed by atoms with E-state index in [9.17, 15) is 13.2 Å². The minimum Gasteiger partial charge on any atom is -0.338 e. The predicted molar refractivity (Wildman–Crippen MR) is 99.2 cm³/mol. The molecule has 0 saturated carbocycles. The maximum atomic E-state index is 12.3. The highest BCUT2D eigenvalue weighted by Gasteiger charge is 2.19. The van der Waals surface area contributed by atoms with Crippen LogP contribution < -0.4 is 14.9 Å². The molecule has 2 N–H and O–H groups in total. The molecule has 7 heteroatoms. The lowest BCUT2D eigenvalue weighted by molar-refractivity contribution is 0.243. The summed E-state index contributed by atoms with van der Waals surface area (Å²) in [7, 11) is -3.49. The number of benzene rings is 2. The van der Waals surface area contributed by atoms with E-state index in [1.807, 2.05) is 31.2 Å². The number of nitrogens with one attached hydrogen (secondary N) is 2. The lowest BCUT2D eigenvalue weighted by atomic mass is 10.2. The fourth-order valence-electron chi connectivity index (χ4n) is 2.70. The first-order valence-electron chi connectivity index (χ1n) is 8.14. The molecule has 0 bridgehead atoms. The number of carbonyl (C=O) groups is 1. The van der Waals surface area contributed by atoms with Crippen LogP contribution in [0.1, 0.15) is 17.5 Å². The van der Waals surface area contributed by atoms with Gasteiger partial charge < -0.3 is 5.32 Å². The second kappa shape index (κ2) is 7.14. The van der Waals surface area contributed by atoms with Gasteiger partial charge in [-0.1, -0.05) is 29.8 Å². The predicted octanol–water partition coefficient (Wildman–Crippen LogP) is 2.86. The first-order chi connectivity index (χ1) is 11.9. The van der Waals surface area contributed by atoms with Crippen LogP contribution in [0.3, 0.4) is 0 Å². The van der Waals surface area contributed by atoms with Gasteiger partial charge >= 0.3 is 6.03 Å². The normalized spacial score (nSPS) is 14.9. The average Bonchev–Trinajstić information content (AvgIpc) is 2.58. The first-order valence-corrected chi connectivity index (χ1v) is 9.80. The number of nitrogens with zero attached hydrogens (tertiary/aromatic N) is 1. The molecule has 2 aromatic rings. The van der Waals surface area contributed by atoms with Crippen LogP contribution in [0.4, 0.5) is 16.2 Å². The van der Waals surface area contributed by atoms with E-state index in [4.69, 9.17) is 0 Å². The second-order valence-electron chi connectivity index (χ2n) is 6.13. The Hall–Kier alpha value is -2.54. The highest BCUT2D eigenvalue weighted by atomic mass is 32.2. The summed E-state index contributed by atoms with van der Waals surface area (Å²) in [6.45, 7) is 3.30. The summed E-state index contributed by atoms with van der Waals surface area (Å²) in [5, 5.41) is 2.79. The van der Waals surface area contributed by atoms with Crippen molar-refractivity contribution in [2.45, 2.75) is 19.1 Å². The van der Waals surface area contributed by atoms with Gasteiger partial charge in [-0.25, -0.2) is 13.2 Å². The molecule has 0 atom stereocenters. The van der Waals surface area contributed by atoms with Crippen molar-refractivity contribution in [3.05, 3.63) is 59.7 Å². The minimum atomic E-state index is -3.49. The van der Waals surface area contributed by atoms with Gasteiger partial charge in [-0.2, -0.15) is 0 Å². The molecule has 1 heterocycles. The van der Waals surface area contributed by atoms with E-state index in [0.717, 1.165) is 23.2 Å². The average molecular weight is 359 g/mol. The molecule has 6 nitrogen and oxygen atoms in total. The van der Waals surface area contributed by atoms with Crippen molar-refractivity contribution in [1.29, 1.82) is 0 Å². The monoisotopic (exact) mass is 359 g/mol. The number of amides is 2. The molecule has 3 rings (SSSR count). The van der Waals surface area contributed by atoms with Crippen molar-refractivity contribution >= 4 is 27.4 Å². The van der Waals surface area contributed by atoms with Gasteiger partial charge in [0.25, 0.3) is 0 Å². The molecular formula is C18H21N3O3S. The minimum absolute atomic E-state index is 0.0798. The number of carbonyl (C=O) groups excluding carboxylic acids is 1. The molecule has 0 radical (unpaired) electrons. The first kappa shape index (κ1) is 17.3. The Balaban J connectivity index is 1.67. The van der Waals surface area contributed by atoms with Crippen LogP contribution in [-0.2, 0) is 15.8 Å². The zero-order chi connectivity index (χ0) is 17.9. The summed E-state index contributed by atoms with van der Waals surface area (Å²) in [5.41, 5.74) is 3.05. The van der Waals surface area contributed by atoms with Crippen molar-refractivity contribution in [2.75, 3.05) is 22.7 Å². The largest absolute Gasteiger partial charge is 0.338 e. The number of rotatable bonds is 5. The summed E-state index contributed by atoms with van der Waals surface area (Å²) in [6, 6.07) is 14.1. The Morgan fingerprint density at radius 1 is 1.08 bits per heavy atom. The fraction of sp³-hybridized carbons (Fsp3) is 0.278. The number of hydrogen-bond acceptors (Lipinski definition) is 3. The van der Waals surface area contributed by atoms with Crippen LogP contribution in [0.2, 0.25) is 0 Å². The van der Waals surface area contributed by atoms with Gasteiger partial charge in [-0.05, 0) is 43.2 Å². The third kappa shape index (κ3) is 4.51. The molecule has 1 fully saturated rings. The molecule has 1 aliphatic rings. The molecule has 0 unspecified atom stereocenters. The molecule has 2 amide bonds. The van der Waals surface area contributed by atoms with Crippen molar-refractivity contribution in [3.63, 3.8) is 0 Å². The summed E-state index contributed by atoms with van der Waals surface area (Å²) in [4.78, 5) is 13.5. The molecule has 0 spiro atoms. The summed E-state index contributed by atoms with van der Waals surface area (Å²) < 4.78 is 27.2. The van der Waals surface area contributed by atoms with Crippen LogP contribution >= 0.6 is 0 Å². The zero-order valence-electron chi connectivity index (χ0n) is 14.0. The highest BCUT2D eigenvalue weighted by molar-refractivity contribution is 7.91. The standard InChI is InChI=1S/C18H21N3O3S/c1-14-3-5-15(6-4-14)13-25(23,24)20-16-7-9-17(10-8-16)21-12-2-11-19-18(21)22/h3-10,20H,2,11-13H2,1H3,(H,19,22). The molecular weight excluding hydrogens is 338 g/mol. The van der Waals surface area contributed by atoms with E-state index in [1.165, 1.54) is 0 Å². The van der Waals surface area contributed by atoms with Crippen LogP contribution in [0.25, 0.3) is 0 Å². The molecule has 25 heavy (non-hydrogen) atoms. The molecule has 1 saturated heterocycles. The van der Waals surface area contributed by atoms with Crippen molar-refractivity contribution in [3.8, 4) is 0 Å². The van der Waals surface area contributed by atoms with Crippen molar-refractivity contribution in [1.82, 2.24) is 5.32 Å². The van der Waals surface area contributed by atoms with E-state index in [-0.39, 0.29) is 11.8 Å². The molecule has 2 aromatic carbocycles. The van der Waals surface area contributed by atoms with Crippen LogP contribution in [0, 0.1) is 6.92 Å². The SMILES string of the molecule is Cc1ccc(CS(=O)(=O)Nc2ccc(N3CCCNC3=O)cc2)cc1. The topological polar surface area (TPSA) is 78.5 Å². The maximum absolute atomic E-state index is 12.3. The highest BCUT2D eigenvalue weighted by Crippen LogP contribution is 2.21. The summed E-state index contributed by atoms with van der Waals surface area (Å²) in [5.74, 6) is -0.0798. The number of hydrogen-bond donors (Lipinski definition) is 2. The lowest BCUT2D eigenvalue weighted by Gasteiger charge is -2.27. The lowest BCUT2D eigenvalue weighted by Crippen LogP contribution is -2.46. The Labute approximate surface area is 147 Å². The zero-order valence-corrected chi connectivity index (χ0v) is 14.8. The third-order valence-electron chi connectivity index (χ3n) is 4.01. The fourth-order valence-corrected chi connectivity index (χ4v) is 3.90. The van der Waals surface area contributed by atoms with Gasteiger partial charge in [0, 0.05) is 24.5 Å². The van der Waals surface area contributed by atoms with E-state index in [1.54, 1.807) is 29.2 Å². The summed E-state index contributed by atoms with van der Waals surface area (Å²) >= 11 is 0. The number of sulfonamides is 1. The Morgan fingerprint density at radius 2 is 1.76 bits per heavy atom. The van der Waals surface area contributed by atoms with Crippen LogP contribution in [0.15, 0.2) is 48.5 Å². The van der Waals surface area contributed by atoms with Gasteiger partial charge in [0.15, 0.2) is 0 Å². The van der Waals surface area contributed by atoms with Crippen LogP contribution in [0.5, 0.6) is 0 Å². The maximum Gasteiger partial charge on any atom is 0.321 e. The van der Waals surface area contributed by atoms with Gasteiger partial charge in [-0.15, -0.1) is 0 Å². The van der Waals surface area contributed by atoms with Gasteiger partial charge in [0.05, 0.1) is 5.75 Å². The number of anilines is 2. The van der Waals surface area contributed by atoms with E-state index >= 15 is 0 Å². The van der Waals surface area contributed by atoms with Gasteiger partial charge in [-0.3, -0.25) is 9.62 Å². The number of aryl methyl sites for hydroxylation is 1. The Bertz CT molecular complexity index is 846. The quantitative estimate of drug-likeness (QED) is 0.862. The summed E-state index contributed by atoms with van der Waals surface area (Å²) in [6.07, 6.45) is 0.886. The molecule has 1 aliphatic heterocycles. The molecule has 132 valence electrons. The van der Waals surface area contributed by atoms with Crippen molar-refractivity contribution in [2.24, 2.45) is 0 Å². The number of urea groups is 1. The second-order valence-corrected chi connectivity index (χ2v) is 7.85. The molecule has 0 aromatic heterocycles. The Morgan fingerprint density at radius 3 is 2.40 bits per heavy atom. The Kier molecular flexibility index (Phi) is 4.94. The van der Waals surface area contributed by atoms with Crippen molar-refractivity contribution < 1.29 is 13.2 Å². The van der Waals surface area contributed by atoms with Gasteiger partial charge in [0.1, 0.15) is 0 Å². The van der Waals surface area contributed by atoms with Crippen LogP contribution in [-0.4, -0.2) is 27.5 Å².